The summed E-state index contributed by atoms with van der Waals surface area (Å²) in [6.07, 6.45) is -2.68. The number of pyridine rings is 1. The molecule has 12 heteroatoms. The number of hydrogen-bond donors (Lipinski definition) is 1. The third kappa shape index (κ3) is 5.24. The number of hydrogen-bond acceptors (Lipinski definition) is 8. The molecule has 1 atom stereocenters. The molecule has 1 aromatic carbocycles. The van der Waals surface area contributed by atoms with E-state index in [9.17, 15) is 13.2 Å². The van der Waals surface area contributed by atoms with Crippen LogP contribution in [-0.4, -0.2) is 59.7 Å². The summed E-state index contributed by atoms with van der Waals surface area (Å²) in [5.41, 5.74) is -0.277. The van der Waals surface area contributed by atoms with Crippen LogP contribution in [-0.2, 0) is 6.18 Å². The van der Waals surface area contributed by atoms with E-state index in [0.29, 0.717) is 42.2 Å². The van der Waals surface area contributed by atoms with Gasteiger partial charge in [-0.2, -0.15) is 28.1 Å². The first kappa shape index (κ1) is 23.8. The smallest absolute Gasteiger partial charge is 0.352 e. The molecule has 0 saturated carbocycles. The van der Waals surface area contributed by atoms with Crippen LogP contribution in [0, 0.1) is 0 Å². The van der Waals surface area contributed by atoms with Gasteiger partial charge in [-0.15, -0.1) is 0 Å². The maximum absolute atomic E-state index is 12.9. The molecule has 1 aliphatic heterocycles. The predicted octanol–water partition coefficient (Wildman–Crippen LogP) is 4.46. The molecule has 1 fully saturated rings. The van der Waals surface area contributed by atoms with Crippen LogP contribution in [0.1, 0.15) is 12.5 Å². The molecule has 4 rings (SSSR count). The predicted molar refractivity (Wildman–Crippen MR) is 127 cm³/mol. The highest BCUT2D eigenvalue weighted by Crippen LogP contribution is 2.31. The van der Waals surface area contributed by atoms with Crippen molar-refractivity contribution in [3.63, 3.8) is 0 Å². The molecule has 8 nitrogen and oxygen atoms in total. The topological polar surface area (TPSA) is 73.3 Å². The Bertz CT molecular complexity index is 1140. The van der Waals surface area contributed by atoms with E-state index in [4.69, 9.17) is 11.6 Å². The van der Waals surface area contributed by atoms with E-state index in [-0.39, 0.29) is 12.0 Å². The lowest BCUT2D eigenvalue weighted by Gasteiger charge is -2.40. The summed E-state index contributed by atoms with van der Waals surface area (Å²) in [5.74, 6) is 1.90. The molecule has 3 aromatic rings. The summed E-state index contributed by atoms with van der Waals surface area (Å²) >= 11 is 6.32. The van der Waals surface area contributed by atoms with Crippen molar-refractivity contribution < 1.29 is 13.2 Å². The van der Waals surface area contributed by atoms with Gasteiger partial charge in [-0.25, -0.2) is 4.98 Å². The Morgan fingerprint density at radius 3 is 2.41 bits per heavy atom. The maximum Gasteiger partial charge on any atom is 0.416 e. The molecule has 0 unspecified atom stereocenters. The van der Waals surface area contributed by atoms with Gasteiger partial charge in [0.2, 0.25) is 17.8 Å². The van der Waals surface area contributed by atoms with Crippen molar-refractivity contribution in [1.29, 1.82) is 0 Å². The van der Waals surface area contributed by atoms with Crippen LogP contribution < -0.4 is 20.0 Å². The summed E-state index contributed by atoms with van der Waals surface area (Å²) in [7, 11) is 3.62. The molecule has 2 aromatic heterocycles. The monoisotopic (exact) mass is 492 g/mol. The number of aromatic nitrogens is 4. The minimum absolute atomic E-state index is 0.0446. The lowest BCUT2D eigenvalue weighted by molar-refractivity contribution is -0.137. The number of halogens is 4. The fraction of sp³-hybridized carbons (Fsp3) is 0.364. The Kier molecular flexibility index (Phi) is 6.65. The molecule has 34 heavy (non-hydrogen) atoms. The van der Waals surface area contributed by atoms with E-state index in [2.05, 4.69) is 42.0 Å². The zero-order valence-electron chi connectivity index (χ0n) is 18.9. The van der Waals surface area contributed by atoms with Crippen molar-refractivity contribution in [1.82, 2.24) is 19.9 Å². The minimum Gasteiger partial charge on any atom is -0.352 e. The van der Waals surface area contributed by atoms with Gasteiger partial charge in [0.25, 0.3) is 0 Å². The zero-order chi connectivity index (χ0) is 24.5. The zero-order valence-corrected chi connectivity index (χ0v) is 19.6. The molecule has 180 valence electrons. The molecule has 0 amide bonds. The first-order valence-corrected chi connectivity index (χ1v) is 11.0. The molecular formula is C22H24ClF3N8. The number of nitrogens with zero attached hydrogens (tertiary/aromatic N) is 7. The van der Waals surface area contributed by atoms with E-state index >= 15 is 0 Å². The summed E-state index contributed by atoms with van der Waals surface area (Å²) in [6, 6.07) is 8.38. The number of anilines is 5. The fourth-order valence-electron chi connectivity index (χ4n) is 3.67. The SMILES string of the molecule is C[C@@H]1CN(c2ncccc2Cl)CCN1c1nc(Nc2ccc(C(F)(F)F)cc2)nc(N(C)C)n1. The molecule has 1 aliphatic rings. The highest BCUT2D eigenvalue weighted by Gasteiger charge is 2.30. The number of benzene rings is 1. The van der Waals surface area contributed by atoms with E-state index in [1.54, 1.807) is 17.2 Å². The molecule has 3 heterocycles. The summed E-state index contributed by atoms with van der Waals surface area (Å²) in [5, 5.41) is 3.59. The van der Waals surface area contributed by atoms with Gasteiger partial charge < -0.3 is 20.0 Å². The summed E-state index contributed by atoms with van der Waals surface area (Å²) in [4.78, 5) is 23.9. The lowest BCUT2D eigenvalue weighted by atomic mass is 10.2. The van der Waals surface area contributed by atoms with Crippen LogP contribution in [0.3, 0.4) is 0 Å². The second-order valence-electron chi connectivity index (χ2n) is 8.15. The van der Waals surface area contributed by atoms with Gasteiger partial charge in [0.15, 0.2) is 0 Å². The van der Waals surface area contributed by atoms with Gasteiger partial charge in [-0.1, -0.05) is 11.6 Å². The Balaban J connectivity index is 1.56. The highest BCUT2D eigenvalue weighted by molar-refractivity contribution is 6.32. The van der Waals surface area contributed by atoms with Crippen molar-refractivity contribution in [2.45, 2.75) is 19.1 Å². The number of piperazine rings is 1. The van der Waals surface area contributed by atoms with Crippen molar-refractivity contribution in [3.8, 4) is 0 Å². The average molecular weight is 493 g/mol. The Morgan fingerprint density at radius 1 is 1.06 bits per heavy atom. The van der Waals surface area contributed by atoms with Gasteiger partial charge in [-0.3, -0.25) is 0 Å². The van der Waals surface area contributed by atoms with E-state index < -0.39 is 11.7 Å². The Hall–Kier alpha value is -3.34. The number of alkyl halides is 3. The van der Waals surface area contributed by atoms with Crippen LogP contribution in [0.15, 0.2) is 42.6 Å². The maximum atomic E-state index is 12.9. The molecule has 0 radical (unpaired) electrons. The molecule has 0 aliphatic carbocycles. The van der Waals surface area contributed by atoms with E-state index in [0.717, 1.165) is 18.0 Å². The normalized spacial score (nSPS) is 16.5. The second-order valence-corrected chi connectivity index (χ2v) is 8.56. The third-order valence-corrected chi connectivity index (χ3v) is 5.70. The van der Waals surface area contributed by atoms with Gasteiger partial charge in [0, 0.05) is 51.7 Å². The quantitative estimate of drug-likeness (QED) is 0.559. The summed E-state index contributed by atoms with van der Waals surface area (Å²) in [6.45, 7) is 4.03. The van der Waals surface area contributed by atoms with Crippen LogP contribution >= 0.6 is 11.6 Å². The Labute approximate surface area is 200 Å². The van der Waals surface area contributed by atoms with Crippen molar-refractivity contribution >= 4 is 41.0 Å². The van der Waals surface area contributed by atoms with Gasteiger partial charge >= 0.3 is 6.18 Å². The van der Waals surface area contributed by atoms with E-state index in [1.807, 2.05) is 20.2 Å². The first-order chi connectivity index (χ1) is 16.1. The third-order valence-electron chi connectivity index (χ3n) is 5.40. The number of rotatable bonds is 5. The van der Waals surface area contributed by atoms with Crippen LogP contribution in [0.5, 0.6) is 0 Å². The van der Waals surface area contributed by atoms with Gasteiger partial charge in [0.05, 0.1) is 10.6 Å². The van der Waals surface area contributed by atoms with Crippen molar-refractivity contribution in [2.24, 2.45) is 0 Å². The Morgan fingerprint density at radius 2 is 1.79 bits per heavy atom. The van der Waals surface area contributed by atoms with Crippen LogP contribution in [0.25, 0.3) is 0 Å². The van der Waals surface area contributed by atoms with Crippen LogP contribution in [0.4, 0.5) is 42.5 Å². The van der Waals surface area contributed by atoms with Crippen LogP contribution in [0.2, 0.25) is 5.02 Å². The molecule has 0 spiro atoms. The molecular weight excluding hydrogens is 469 g/mol. The van der Waals surface area contributed by atoms with Crippen molar-refractivity contribution in [3.05, 3.63) is 53.2 Å². The highest BCUT2D eigenvalue weighted by atomic mass is 35.5. The molecule has 1 N–H and O–H groups in total. The molecule has 0 bridgehead atoms. The van der Waals surface area contributed by atoms with E-state index in [1.165, 1.54) is 12.1 Å². The second kappa shape index (κ2) is 9.49. The van der Waals surface area contributed by atoms with Gasteiger partial charge in [0.1, 0.15) is 5.82 Å². The summed E-state index contributed by atoms with van der Waals surface area (Å²) < 4.78 is 38.6. The minimum atomic E-state index is -4.39. The molecule has 1 saturated heterocycles. The largest absolute Gasteiger partial charge is 0.416 e. The first-order valence-electron chi connectivity index (χ1n) is 10.6. The fourth-order valence-corrected chi connectivity index (χ4v) is 3.91. The average Bonchev–Trinajstić information content (AvgIpc) is 2.79. The number of nitrogens with one attached hydrogen (secondary N) is 1. The van der Waals surface area contributed by atoms with Crippen molar-refractivity contribution in [2.75, 3.05) is 53.7 Å². The standard InChI is InChI=1S/C22H24ClF3N8/c1-14-13-33(18-17(23)5-4-10-27-18)11-12-34(14)21-30-19(29-20(31-21)32(2)3)28-16-8-6-15(7-9-16)22(24,25)26/h4-10,14H,11-13H2,1-3H3,(H,28,29,30,31)/t14-/m1/s1. The van der Waals surface area contributed by atoms with Gasteiger partial charge in [-0.05, 0) is 43.3 Å². The lowest BCUT2D eigenvalue weighted by Crippen LogP contribution is -2.53.